The van der Waals surface area contributed by atoms with Gasteiger partial charge in [0.25, 0.3) is 0 Å². The molecule has 2 aliphatic rings. The number of allylic oxidation sites excluding steroid dienone is 2. The van der Waals surface area contributed by atoms with Crippen LogP contribution in [0.3, 0.4) is 0 Å². The van der Waals surface area contributed by atoms with Crippen molar-refractivity contribution in [2.24, 2.45) is 0 Å². The van der Waals surface area contributed by atoms with Crippen LogP contribution >= 0.6 is 34.5 Å². The van der Waals surface area contributed by atoms with E-state index in [1.807, 2.05) is 6.07 Å². The number of carbonyl (C=O) groups is 1. The highest BCUT2D eigenvalue weighted by atomic mass is 35.5. The number of halogens is 2. The number of sulfone groups is 1. The van der Waals surface area contributed by atoms with Crippen molar-refractivity contribution >= 4 is 55.3 Å². The molecule has 1 aliphatic heterocycles. The lowest BCUT2D eigenvalue weighted by atomic mass is 10.0. The molecule has 4 rings (SSSR count). The fraction of sp³-hybridized carbons (Fsp3) is 0.250. The molecule has 0 radical (unpaired) electrons. The van der Waals surface area contributed by atoms with E-state index < -0.39 is 9.84 Å². The molecule has 6 nitrogen and oxygen atoms in total. The first-order chi connectivity index (χ1) is 16.1. The number of benzene rings is 1. The second-order valence-electron chi connectivity index (χ2n) is 7.99. The first-order valence-electron chi connectivity index (χ1n) is 10.3. The molecule has 0 spiro atoms. The summed E-state index contributed by atoms with van der Waals surface area (Å²) in [6, 6.07) is 7.63. The van der Waals surface area contributed by atoms with Gasteiger partial charge in [0.05, 0.1) is 12.0 Å². The van der Waals surface area contributed by atoms with Crippen molar-refractivity contribution in [3.8, 4) is 6.07 Å². The molecule has 1 amide bonds. The lowest BCUT2D eigenvalue weighted by molar-refractivity contribution is -0.115. The highest BCUT2D eigenvalue weighted by Gasteiger charge is 2.26. The topological polar surface area (TPSA) is 90.3 Å². The molecule has 0 unspecified atom stereocenters. The molecule has 1 aliphatic carbocycles. The Morgan fingerprint density at radius 1 is 1.29 bits per heavy atom. The summed E-state index contributed by atoms with van der Waals surface area (Å²) in [5.74, 6) is -0.311. The molecule has 174 valence electrons. The number of thiophene rings is 1. The Hall–Kier alpha value is -2.59. The molecule has 0 fully saturated rings. The smallest absolute Gasteiger partial charge is 0.230 e. The van der Waals surface area contributed by atoms with Crippen molar-refractivity contribution in [2.45, 2.75) is 25.9 Å². The summed E-state index contributed by atoms with van der Waals surface area (Å²) in [5, 5.41) is 14.4. The molecular formula is C24H19Cl2N3O3S2. The third-order valence-electron chi connectivity index (χ3n) is 5.44. The van der Waals surface area contributed by atoms with Gasteiger partial charge in [-0.15, -0.1) is 11.3 Å². The van der Waals surface area contributed by atoms with Gasteiger partial charge in [0.1, 0.15) is 16.0 Å². The summed E-state index contributed by atoms with van der Waals surface area (Å²) in [7, 11) is -3.38. The van der Waals surface area contributed by atoms with Gasteiger partial charge in [-0.3, -0.25) is 9.69 Å². The average molecular weight is 532 g/mol. The van der Waals surface area contributed by atoms with Crippen LogP contribution < -0.4 is 5.32 Å². The molecule has 1 N–H and O–H groups in total. The number of hydrogen-bond donors (Lipinski definition) is 1. The number of nitrogens with zero attached hydrogens (tertiary/aromatic N) is 2. The van der Waals surface area contributed by atoms with Gasteiger partial charge in [-0.25, -0.2) is 8.42 Å². The van der Waals surface area contributed by atoms with Gasteiger partial charge in [0.2, 0.25) is 5.91 Å². The number of nitrogens with one attached hydrogen (secondary N) is 1. The monoisotopic (exact) mass is 531 g/mol. The van der Waals surface area contributed by atoms with E-state index in [9.17, 15) is 18.5 Å². The second-order valence-corrected chi connectivity index (χ2v) is 11.9. The lowest BCUT2D eigenvalue weighted by Crippen LogP contribution is -2.29. The van der Waals surface area contributed by atoms with Crippen LogP contribution in [0.4, 0.5) is 5.00 Å². The Labute approximate surface area is 212 Å². The average Bonchev–Trinajstić information content (AvgIpc) is 3.12. The normalized spacial score (nSPS) is 15.4. The quantitative estimate of drug-likeness (QED) is 0.530. The van der Waals surface area contributed by atoms with Crippen LogP contribution in [-0.2, 0) is 34.1 Å². The van der Waals surface area contributed by atoms with Gasteiger partial charge in [-0.1, -0.05) is 28.9 Å². The molecule has 2 heterocycles. The molecular weight excluding hydrogens is 513 g/mol. The Morgan fingerprint density at radius 2 is 2.09 bits per heavy atom. The molecule has 10 heteroatoms. The van der Waals surface area contributed by atoms with E-state index in [4.69, 9.17) is 23.2 Å². The number of nitriles is 1. The third kappa shape index (κ3) is 5.55. The highest BCUT2D eigenvalue weighted by Crippen LogP contribution is 2.37. The SMILES string of the molecule is CS(=O)(=O)C1=C=C=C(CC(=O)Nc2sc3c(c2C#N)CCN(Cc2cc(Cl)ccc2Cl)C3)C=C1. The summed E-state index contributed by atoms with van der Waals surface area (Å²) >= 11 is 13.8. The van der Waals surface area contributed by atoms with Crippen molar-refractivity contribution in [3.63, 3.8) is 0 Å². The minimum Gasteiger partial charge on any atom is -0.316 e. The van der Waals surface area contributed by atoms with Crippen LogP contribution in [0.25, 0.3) is 0 Å². The number of rotatable bonds is 6. The maximum Gasteiger partial charge on any atom is 0.230 e. The van der Waals surface area contributed by atoms with Gasteiger partial charge in [0, 0.05) is 46.4 Å². The minimum absolute atomic E-state index is 0.00658. The second kappa shape index (κ2) is 9.95. The van der Waals surface area contributed by atoms with E-state index in [-0.39, 0.29) is 17.2 Å². The Bertz CT molecular complexity index is 1470. The number of amides is 1. The van der Waals surface area contributed by atoms with Crippen LogP contribution in [0, 0.1) is 11.3 Å². The number of anilines is 1. The standard InChI is InChI=1S/C24H19Cl2N3O3S2/c1-34(31,32)18-5-2-15(3-6-18)10-23(30)28-24-20(12-27)19-8-9-29(14-22(19)33-24)13-16-11-17(25)4-7-21(16)26/h2,4-5,7,11H,8-10,13-14H2,1H3,(H,28,30). The number of fused-ring (bicyclic) bond motifs is 1. The van der Waals surface area contributed by atoms with Gasteiger partial charge in [-0.2, -0.15) is 5.26 Å². The van der Waals surface area contributed by atoms with Crippen molar-refractivity contribution in [1.82, 2.24) is 4.90 Å². The Kier molecular flexibility index (Phi) is 7.18. The van der Waals surface area contributed by atoms with Gasteiger partial charge in [-0.05, 0) is 53.6 Å². The first-order valence-corrected chi connectivity index (χ1v) is 13.7. The Morgan fingerprint density at radius 3 is 2.76 bits per heavy atom. The fourth-order valence-electron chi connectivity index (χ4n) is 3.77. The van der Waals surface area contributed by atoms with E-state index in [1.165, 1.54) is 23.5 Å². The predicted octanol–water partition coefficient (Wildman–Crippen LogP) is 4.99. The summed E-state index contributed by atoms with van der Waals surface area (Å²) < 4.78 is 23.1. The molecule has 0 bridgehead atoms. The third-order valence-corrected chi connectivity index (χ3v) is 8.21. The van der Waals surface area contributed by atoms with Gasteiger partial charge in [0.15, 0.2) is 9.84 Å². The summed E-state index contributed by atoms with van der Waals surface area (Å²) in [4.78, 5) is 15.9. The molecule has 1 aromatic carbocycles. The highest BCUT2D eigenvalue weighted by molar-refractivity contribution is 7.94. The summed E-state index contributed by atoms with van der Waals surface area (Å²) in [5.41, 5.74) is 8.21. The van der Waals surface area contributed by atoms with E-state index >= 15 is 0 Å². The summed E-state index contributed by atoms with van der Waals surface area (Å²) in [6.45, 7) is 2.03. The maximum absolute atomic E-state index is 12.6. The van der Waals surface area contributed by atoms with Gasteiger partial charge >= 0.3 is 0 Å². The lowest BCUT2D eigenvalue weighted by Gasteiger charge is -2.27. The van der Waals surface area contributed by atoms with E-state index in [0.717, 1.165) is 28.8 Å². The molecule has 1 aromatic heterocycles. The molecule has 2 aromatic rings. The van der Waals surface area contributed by atoms with E-state index in [0.29, 0.717) is 45.7 Å². The van der Waals surface area contributed by atoms with Crippen molar-refractivity contribution in [2.75, 3.05) is 18.1 Å². The fourth-order valence-corrected chi connectivity index (χ4v) is 5.95. The van der Waals surface area contributed by atoms with Crippen LogP contribution in [0.15, 0.2) is 52.3 Å². The first kappa shape index (κ1) is 24.5. The zero-order valence-electron chi connectivity index (χ0n) is 18.1. The largest absolute Gasteiger partial charge is 0.316 e. The Balaban J connectivity index is 1.48. The van der Waals surface area contributed by atoms with Gasteiger partial charge < -0.3 is 5.32 Å². The van der Waals surface area contributed by atoms with E-state index in [2.05, 4.69) is 27.7 Å². The number of carbonyl (C=O) groups excluding carboxylic acids is 1. The van der Waals surface area contributed by atoms with Crippen molar-refractivity contribution < 1.29 is 13.2 Å². The molecule has 0 saturated carbocycles. The molecule has 34 heavy (non-hydrogen) atoms. The van der Waals surface area contributed by atoms with Crippen LogP contribution in [0.2, 0.25) is 10.0 Å². The van der Waals surface area contributed by atoms with Crippen LogP contribution in [0.5, 0.6) is 0 Å². The molecule has 0 atom stereocenters. The molecule has 0 saturated heterocycles. The van der Waals surface area contributed by atoms with Crippen LogP contribution in [-0.4, -0.2) is 32.0 Å². The zero-order valence-corrected chi connectivity index (χ0v) is 21.3. The maximum atomic E-state index is 12.6. The number of hydrogen-bond acceptors (Lipinski definition) is 6. The minimum atomic E-state index is -3.38. The predicted molar refractivity (Wildman–Crippen MR) is 135 cm³/mol. The van der Waals surface area contributed by atoms with E-state index in [1.54, 1.807) is 12.1 Å². The van der Waals surface area contributed by atoms with Crippen molar-refractivity contribution in [3.05, 3.63) is 83.9 Å². The van der Waals surface area contributed by atoms with Crippen LogP contribution in [0.1, 0.15) is 28.0 Å². The van der Waals surface area contributed by atoms with Crippen molar-refractivity contribution in [1.29, 1.82) is 5.26 Å². The summed E-state index contributed by atoms with van der Waals surface area (Å²) in [6.07, 6.45) is 4.72. The zero-order chi connectivity index (χ0) is 24.5.